The van der Waals surface area contributed by atoms with Gasteiger partial charge in [-0.25, -0.2) is 8.42 Å². The average molecular weight is 500 g/mol. The molecule has 2 aliphatic carbocycles. The van der Waals surface area contributed by atoms with Gasteiger partial charge in [0.2, 0.25) is 10.0 Å². The summed E-state index contributed by atoms with van der Waals surface area (Å²) in [4.78, 5) is 23.6. The summed E-state index contributed by atoms with van der Waals surface area (Å²) in [6, 6.07) is 14.2. The van der Waals surface area contributed by atoms with Gasteiger partial charge < -0.3 is 10.4 Å². The Morgan fingerprint density at radius 1 is 1.09 bits per heavy atom. The summed E-state index contributed by atoms with van der Waals surface area (Å²) in [6.45, 7) is 1.03. The number of aliphatic hydroxyl groups is 1. The van der Waals surface area contributed by atoms with Crippen LogP contribution in [-0.2, 0) is 20.4 Å². The van der Waals surface area contributed by atoms with Gasteiger partial charge in [-0.15, -0.1) is 0 Å². The van der Waals surface area contributed by atoms with E-state index in [1.807, 2.05) is 18.2 Å². The minimum atomic E-state index is -3.82. The molecule has 1 heterocycles. The molecule has 2 aromatic carbocycles. The molecule has 1 saturated heterocycles. The molecule has 0 aromatic heterocycles. The van der Waals surface area contributed by atoms with Crippen LogP contribution in [0.5, 0.6) is 0 Å². The van der Waals surface area contributed by atoms with E-state index in [9.17, 15) is 28.4 Å². The number of hydrogen-bond acceptors (Lipinski definition) is 6. The third-order valence-electron chi connectivity index (χ3n) is 8.01. The van der Waals surface area contributed by atoms with Gasteiger partial charge in [0.1, 0.15) is 0 Å². The highest BCUT2D eigenvalue weighted by molar-refractivity contribution is 7.89. The van der Waals surface area contributed by atoms with Crippen molar-refractivity contribution in [1.29, 1.82) is 0 Å². The number of nitrogens with one attached hydrogen (secondary N) is 1. The summed E-state index contributed by atoms with van der Waals surface area (Å²) in [5.74, 6) is -0.111. The monoisotopic (exact) mass is 499 g/mol. The number of sulfonamides is 1. The highest BCUT2D eigenvalue weighted by Crippen LogP contribution is 2.52. The minimum Gasteiger partial charge on any atom is -0.375 e. The molecule has 186 valence electrons. The average Bonchev–Trinajstić information content (AvgIpc) is 3.26. The number of hydrogen-bond donors (Lipinski definition) is 2. The van der Waals surface area contributed by atoms with Crippen molar-refractivity contribution in [2.75, 3.05) is 19.6 Å². The number of fused-ring (bicyclic) bond motifs is 1. The van der Waals surface area contributed by atoms with Gasteiger partial charge in [-0.2, -0.15) is 4.31 Å². The van der Waals surface area contributed by atoms with Crippen molar-refractivity contribution in [2.45, 2.75) is 36.2 Å². The maximum absolute atomic E-state index is 13.3. The zero-order valence-electron chi connectivity index (χ0n) is 19.2. The number of nitrogens with zero attached hydrogens (tertiary/aromatic N) is 2. The van der Waals surface area contributed by atoms with E-state index < -0.39 is 20.5 Å². The molecule has 3 fully saturated rings. The lowest BCUT2D eigenvalue weighted by Crippen LogP contribution is -2.49. The van der Waals surface area contributed by atoms with E-state index >= 15 is 0 Å². The number of non-ortho nitro benzene ring substituents is 1. The van der Waals surface area contributed by atoms with Gasteiger partial charge in [0.05, 0.1) is 9.82 Å². The number of carbonyl (C=O) groups excluding carboxylic acids is 1. The predicted octanol–water partition coefficient (Wildman–Crippen LogP) is 2.66. The molecule has 35 heavy (non-hydrogen) atoms. The SMILES string of the molecule is O=C(NCC1C2CN(S(=O)(=O)c3cccc([N+](=O)[O-])c3)C[C@H]12)C(O)(c1ccccc1)C1CCCC1. The zero-order valence-corrected chi connectivity index (χ0v) is 20.1. The molecule has 2 N–H and O–H groups in total. The van der Waals surface area contributed by atoms with Gasteiger partial charge in [-0.05, 0) is 42.2 Å². The largest absolute Gasteiger partial charge is 0.375 e. The number of amides is 1. The van der Waals surface area contributed by atoms with Crippen LogP contribution in [0.15, 0.2) is 59.5 Å². The van der Waals surface area contributed by atoms with Crippen molar-refractivity contribution in [3.05, 3.63) is 70.3 Å². The Bertz CT molecular complexity index is 1220. The van der Waals surface area contributed by atoms with Crippen LogP contribution >= 0.6 is 0 Å². The predicted molar refractivity (Wildman–Crippen MR) is 128 cm³/mol. The highest BCUT2D eigenvalue weighted by atomic mass is 32.2. The first-order valence-corrected chi connectivity index (χ1v) is 13.5. The minimum absolute atomic E-state index is 0.0812. The lowest BCUT2D eigenvalue weighted by Gasteiger charge is -2.33. The second kappa shape index (κ2) is 9.00. The number of carbonyl (C=O) groups is 1. The first-order chi connectivity index (χ1) is 16.7. The Morgan fingerprint density at radius 3 is 2.37 bits per heavy atom. The first kappa shape index (κ1) is 23.9. The molecule has 10 heteroatoms. The molecule has 1 aliphatic heterocycles. The van der Waals surface area contributed by atoms with Crippen molar-refractivity contribution in [3.63, 3.8) is 0 Å². The van der Waals surface area contributed by atoms with Crippen molar-refractivity contribution >= 4 is 21.6 Å². The summed E-state index contributed by atoms with van der Waals surface area (Å²) < 4.78 is 27.3. The second-order valence-corrected chi connectivity index (χ2v) is 11.8. The maximum Gasteiger partial charge on any atom is 0.270 e. The fourth-order valence-corrected chi connectivity index (χ4v) is 7.50. The van der Waals surface area contributed by atoms with E-state index in [4.69, 9.17) is 0 Å². The number of rotatable bonds is 8. The van der Waals surface area contributed by atoms with Crippen LogP contribution in [0.2, 0.25) is 0 Å². The summed E-state index contributed by atoms with van der Waals surface area (Å²) in [5, 5.41) is 25.6. The summed E-state index contributed by atoms with van der Waals surface area (Å²) >= 11 is 0. The molecular formula is C25H29N3O6S. The van der Waals surface area contributed by atoms with E-state index in [-0.39, 0.29) is 40.2 Å². The molecule has 4 atom stereocenters. The molecule has 0 bridgehead atoms. The third kappa shape index (κ3) is 4.23. The van der Waals surface area contributed by atoms with Gasteiger partial charge in [0.25, 0.3) is 11.6 Å². The number of nitro benzene ring substituents is 1. The molecular weight excluding hydrogens is 470 g/mol. The van der Waals surface area contributed by atoms with Crippen LogP contribution in [0.1, 0.15) is 31.2 Å². The topological polar surface area (TPSA) is 130 Å². The molecule has 3 unspecified atom stereocenters. The molecule has 3 aliphatic rings. The second-order valence-electron chi connectivity index (χ2n) is 9.89. The summed E-state index contributed by atoms with van der Waals surface area (Å²) in [7, 11) is -3.82. The normalized spacial score (nSPS) is 26.1. The van der Waals surface area contributed by atoms with Crippen molar-refractivity contribution in [1.82, 2.24) is 9.62 Å². The van der Waals surface area contributed by atoms with E-state index in [1.54, 1.807) is 12.1 Å². The lowest BCUT2D eigenvalue weighted by molar-refractivity contribution is -0.385. The Morgan fingerprint density at radius 2 is 1.74 bits per heavy atom. The van der Waals surface area contributed by atoms with E-state index in [0.717, 1.165) is 31.7 Å². The number of piperidine rings is 1. The van der Waals surface area contributed by atoms with Crippen LogP contribution in [0.3, 0.4) is 0 Å². The van der Waals surface area contributed by atoms with E-state index in [1.165, 1.54) is 22.5 Å². The number of nitro groups is 1. The van der Waals surface area contributed by atoms with Crippen LogP contribution in [0, 0.1) is 33.8 Å². The summed E-state index contributed by atoms with van der Waals surface area (Å²) in [5.41, 5.74) is -1.22. The molecule has 5 rings (SSSR count). The Kier molecular flexibility index (Phi) is 6.14. The van der Waals surface area contributed by atoms with Crippen molar-refractivity contribution in [3.8, 4) is 0 Å². The molecule has 0 spiro atoms. The molecule has 2 saturated carbocycles. The van der Waals surface area contributed by atoms with Crippen molar-refractivity contribution < 1.29 is 23.2 Å². The van der Waals surface area contributed by atoms with E-state index in [0.29, 0.717) is 25.2 Å². The van der Waals surface area contributed by atoms with Gasteiger partial charge in [0.15, 0.2) is 5.60 Å². The fraction of sp³-hybridized carbons (Fsp3) is 0.480. The Labute approximate surface area is 204 Å². The fourth-order valence-electron chi connectivity index (χ4n) is 5.95. The highest BCUT2D eigenvalue weighted by Gasteiger charge is 2.58. The van der Waals surface area contributed by atoms with Crippen LogP contribution in [0.25, 0.3) is 0 Å². The van der Waals surface area contributed by atoms with Crippen LogP contribution < -0.4 is 5.32 Å². The Balaban J connectivity index is 1.22. The number of benzene rings is 2. The third-order valence-corrected chi connectivity index (χ3v) is 9.84. The lowest BCUT2D eigenvalue weighted by atomic mass is 9.79. The maximum atomic E-state index is 13.3. The molecule has 9 nitrogen and oxygen atoms in total. The quantitative estimate of drug-likeness (QED) is 0.424. The molecule has 2 aromatic rings. The van der Waals surface area contributed by atoms with Gasteiger partial charge >= 0.3 is 0 Å². The van der Waals surface area contributed by atoms with Crippen LogP contribution in [0.4, 0.5) is 5.69 Å². The smallest absolute Gasteiger partial charge is 0.270 e. The molecule has 0 radical (unpaired) electrons. The first-order valence-electron chi connectivity index (χ1n) is 12.0. The van der Waals surface area contributed by atoms with Gasteiger partial charge in [-0.1, -0.05) is 49.2 Å². The summed E-state index contributed by atoms with van der Waals surface area (Å²) in [6.07, 6.45) is 3.60. The van der Waals surface area contributed by atoms with Gasteiger partial charge in [0, 0.05) is 37.7 Å². The van der Waals surface area contributed by atoms with Crippen LogP contribution in [-0.4, -0.2) is 48.3 Å². The van der Waals surface area contributed by atoms with Crippen molar-refractivity contribution in [2.24, 2.45) is 23.7 Å². The zero-order chi connectivity index (χ0) is 24.8. The van der Waals surface area contributed by atoms with Gasteiger partial charge in [-0.3, -0.25) is 14.9 Å². The Hall–Kier alpha value is -2.82. The standard InChI is InChI=1S/C25H29N3O6S/c29-24(25(30,18-9-4-5-10-18)17-7-2-1-3-8-17)26-14-21-22-15-27(16-23(21)22)35(33,34)20-12-6-11-19(13-20)28(31)32/h1-3,6-8,11-13,18,21-23,30H,4-5,9-10,14-16H2,(H,26,29)/t21?,22-,23?,25?/m1/s1. The molecule has 1 amide bonds. The van der Waals surface area contributed by atoms with E-state index in [2.05, 4.69) is 5.32 Å².